The summed E-state index contributed by atoms with van der Waals surface area (Å²) in [4.78, 5) is 14.1. The van der Waals surface area contributed by atoms with Crippen LogP contribution in [0.25, 0.3) is 0 Å². The predicted molar refractivity (Wildman–Crippen MR) is 89.8 cm³/mol. The number of carbonyl (C=O) groups excluding carboxylic acids is 1. The summed E-state index contributed by atoms with van der Waals surface area (Å²) in [5.41, 5.74) is 6.73. The lowest BCUT2D eigenvalue weighted by Gasteiger charge is -2.35. The molecular formula is C16H25ClFN3O. The Morgan fingerprint density at radius 1 is 1.45 bits per heavy atom. The molecule has 124 valence electrons. The highest BCUT2D eigenvalue weighted by Crippen LogP contribution is 2.20. The van der Waals surface area contributed by atoms with Crippen LogP contribution < -0.4 is 16.0 Å². The van der Waals surface area contributed by atoms with Crippen molar-refractivity contribution in [3.63, 3.8) is 0 Å². The molecule has 1 saturated heterocycles. The molecule has 0 radical (unpaired) electrons. The molecule has 2 rings (SSSR count). The van der Waals surface area contributed by atoms with Gasteiger partial charge in [-0.15, -0.1) is 12.4 Å². The van der Waals surface area contributed by atoms with Gasteiger partial charge in [-0.1, -0.05) is 19.9 Å². The fourth-order valence-electron chi connectivity index (χ4n) is 2.60. The zero-order valence-corrected chi connectivity index (χ0v) is 13.9. The molecule has 1 heterocycles. The zero-order valence-electron chi connectivity index (χ0n) is 13.1. The Labute approximate surface area is 137 Å². The number of amides is 1. The highest BCUT2D eigenvalue weighted by atomic mass is 35.5. The molecule has 22 heavy (non-hydrogen) atoms. The van der Waals surface area contributed by atoms with Crippen LogP contribution in [0, 0.1) is 11.7 Å². The summed E-state index contributed by atoms with van der Waals surface area (Å²) in [6, 6.07) is 6.17. The Bertz CT molecular complexity index is 498. The fourth-order valence-corrected chi connectivity index (χ4v) is 2.60. The first kappa shape index (κ1) is 18.7. The Balaban J connectivity index is 0.00000242. The van der Waals surface area contributed by atoms with E-state index in [9.17, 15) is 9.18 Å². The Morgan fingerprint density at radius 3 is 2.82 bits per heavy atom. The molecule has 1 amide bonds. The second-order valence-electron chi connectivity index (χ2n) is 6.04. The van der Waals surface area contributed by atoms with Crippen molar-refractivity contribution >= 4 is 24.0 Å². The molecule has 1 aromatic carbocycles. The second kappa shape index (κ2) is 8.34. The van der Waals surface area contributed by atoms with Gasteiger partial charge in [0.25, 0.3) is 0 Å². The van der Waals surface area contributed by atoms with Gasteiger partial charge in [-0.05, 0) is 37.0 Å². The number of piperidine rings is 1. The number of benzene rings is 1. The minimum Gasteiger partial charge on any atom is -0.369 e. The van der Waals surface area contributed by atoms with Gasteiger partial charge < -0.3 is 16.0 Å². The maximum absolute atomic E-state index is 13.3. The van der Waals surface area contributed by atoms with E-state index >= 15 is 0 Å². The molecule has 4 nitrogen and oxygen atoms in total. The molecule has 1 aliphatic rings. The normalized spacial score (nSPS) is 19.5. The number of nitrogens with one attached hydrogen (secondary N) is 1. The van der Waals surface area contributed by atoms with Gasteiger partial charge in [0.15, 0.2) is 0 Å². The number of halogens is 2. The number of hydrogen-bond donors (Lipinski definition) is 2. The van der Waals surface area contributed by atoms with E-state index in [0.717, 1.165) is 25.1 Å². The van der Waals surface area contributed by atoms with Crippen LogP contribution in [-0.4, -0.2) is 31.1 Å². The third-order valence-corrected chi connectivity index (χ3v) is 3.96. The number of nitrogens with zero attached hydrogens (tertiary/aromatic N) is 1. The standard InChI is InChI=1S/C16H24FN3O.ClH/c1-11(2)15(18)16(21)19-13-6-4-8-20(10-13)14-7-3-5-12(17)9-14;/h3,5,7,9,11,13,15H,4,6,8,10,18H2,1-2H3,(H,19,21);1H/t13?,15-;/m0./s1. The van der Waals surface area contributed by atoms with E-state index in [1.54, 1.807) is 6.07 Å². The van der Waals surface area contributed by atoms with Crippen molar-refractivity contribution in [2.75, 3.05) is 18.0 Å². The first-order valence-corrected chi connectivity index (χ1v) is 7.54. The van der Waals surface area contributed by atoms with Crippen LogP contribution in [0.2, 0.25) is 0 Å². The van der Waals surface area contributed by atoms with Crippen LogP contribution in [0.3, 0.4) is 0 Å². The largest absolute Gasteiger partial charge is 0.369 e. The quantitative estimate of drug-likeness (QED) is 0.891. The minimum absolute atomic E-state index is 0. The summed E-state index contributed by atoms with van der Waals surface area (Å²) in [5, 5.41) is 3.01. The van der Waals surface area contributed by atoms with Crippen LogP contribution in [0.5, 0.6) is 0 Å². The lowest BCUT2D eigenvalue weighted by Crippen LogP contribution is -2.53. The summed E-state index contributed by atoms with van der Waals surface area (Å²) in [6.07, 6.45) is 1.90. The summed E-state index contributed by atoms with van der Waals surface area (Å²) in [5.74, 6) is -0.218. The minimum atomic E-state index is -0.477. The first-order chi connectivity index (χ1) is 9.97. The Hall–Kier alpha value is -1.33. The number of carbonyl (C=O) groups is 1. The lowest BCUT2D eigenvalue weighted by atomic mass is 10.0. The van der Waals surface area contributed by atoms with Gasteiger partial charge in [-0.2, -0.15) is 0 Å². The molecule has 0 spiro atoms. The van der Waals surface area contributed by atoms with Gasteiger partial charge >= 0.3 is 0 Å². The second-order valence-corrected chi connectivity index (χ2v) is 6.04. The molecule has 1 unspecified atom stereocenters. The summed E-state index contributed by atoms with van der Waals surface area (Å²) >= 11 is 0. The van der Waals surface area contributed by atoms with E-state index in [4.69, 9.17) is 5.73 Å². The van der Waals surface area contributed by atoms with Gasteiger partial charge in [-0.25, -0.2) is 4.39 Å². The van der Waals surface area contributed by atoms with E-state index in [2.05, 4.69) is 10.2 Å². The summed E-state index contributed by atoms with van der Waals surface area (Å²) in [6.45, 7) is 5.44. The van der Waals surface area contributed by atoms with Crippen molar-refractivity contribution in [1.29, 1.82) is 0 Å². The predicted octanol–water partition coefficient (Wildman–Crippen LogP) is 2.32. The maximum Gasteiger partial charge on any atom is 0.237 e. The van der Waals surface area contributed by atoms with Crippen LogP contribution >= 0.6 is 12.4 Å². The van der Waals surface area contributed by atoms with Gasteiger partial charge in [0.05, 0.1) is 6.04 Å². The highest BCUT2D eigenvalue weighted by Gasteiger charge is 2.25. The van der Waals surface area contributed by atoms with Crippen molar-refractivity contribution in [3.05, 3.63) is 30.1 Å². The van der Waals surface area contributed by atoms with Crippen molar-refractivity contribution in [2.24, 2.45) is 11.7 Å². The molecule has 0 bridgehead atoms. The number of nitrogens with two attached hydrogens (primary N) is 1. The van der Waals surface area contributed by atoms with Crippen molar-refractivity contribution in [1.82, 2.24) is 5.32 Å². The Morgan fingerprint density at radius 2 is 2.18 bits per heavy atom. The van der Waals surface area contributed by atoms with E-state index < -0.39 is 6.04 Å². The first-order valence-electron chi connectivity index (χ1n) is 7.54. The molecule has 1 aliphatic heterocycles. The lowest BCUT2D eigenvalue weighted by molar-refractivity contribution is -0.124. The average molecular weight is 330 g/mol. The molecule has 2 atom stereocenters. The number of hydrogen-bond acceptors (Lipinski definition) is 3. The molecule has 1 aromatic rings. The smallest absolute Gasteiger partial charge is 0.237 e. The van der Waals surface area contributed by atoms with Crippen LogP contribution in [-0.2, 0) is 4.79 Å². The molecule has 6 heteroatoms. The van der Waals surface area contributed by atoms with Gasteiger partial charge in [0, 0.05) is 24.8 Å². The van der Waals surface area contributed by atoms with E-state index in [1.807, 2.05) is 19.9 Å². The molecular weight excluding hydrogens is 305 g/mol. The van der Waals surface area contributed by atoms with Gasteiger partial charge in [-0.3, -0.25) is 4.79 Å². The van der Waals surface area contributed by atoms with E-state index in [1.165, 1.54) is 12.1 Å². The SMILES string of the molecule is CC(C)[C@H](N)C(=O)NC1CCCN(c2cccc(F)c2)C1.Cl. The molecule has 0 aromatic heterocycles. The zero-order chi connectivity index (χ0) is 15.4. The van der Waals surface area contributed by atoms with E-state index in [-0.39, 0.29) is 36.1 Å². The highest BCUT2D eigenvalue weighted by molar-refractivity contribution is 5.85. The van der Waals surface area contributed by atoms with Crippen LogP contribution in [0.4, 0.5) is 10.1 Å². The Kier molecular flexibility index (Phi) is 7.10. The van der Waals surface area contributed by atoms with Crippen LogP contribution in [0.15, 0.2) is 24.3 Å². The molecule has 0 aliphatic carbocycles. The van der Waals surface area contributed by atoms with Gasteiger partial charge in [0.2, 0.25) is 5.91 Å². The van der Waals surface area contributed by atoms with Crippen molar-refractivity contribution < 1.29 is 9.18 Å². The van der Waals surface area contributed by atoms with E-state index in [0.29, 0.717) is 6.54 Å². The fraction of sp³-hybridized carbons (Fsp3) is 0.562. The number of anilines is 1. The van der Waals surface area contributed by atoms with Crippen LogP contribution in [0.1, 0.15) is 26.7 Å². The summed E-state index contributed by atoms with van der Waals surface area (Å²) in [7, 11) is 0. The molecule has 3 N–H and O–H groups in total. The van der Waals surface area contributed by atoms with Crippen molar-refractivity contribution in [3.8, 4) is 0 Å². The van der Waals surface area contributed by atoms with Crippen molar-refractivity contribution in [2.45, 2.75) is 38.8 Å². The number of rotatable bonds is 4. The average Bonchev–Trinajstić information content (AvgIpc) is 2.46. The monoisotopic (exact) mass is 329 g/mol. The maximum atomic E-state index is 13.3. The third-order valence-electron chi connectivity index (χ3n) is 3.96. The topological polar surface area (TPSA) is 58.4 Å². The molecule has 0 saturated carbocycles. The molecule has 1 fully saturated rings. The van der Waals surface area contributed by atoms with Gasteiger partial charge in [0.1, 0.15) is 5.82 Å². The summed E-state index contributed by atoms with van der Waals surface area (Å²) < 4.78 is 13.3. The third kappa shape index (κ3) is 4.85.